The molecule has 8 nitrogen and oxygen atoms in total. The molecule has 2 aromatic carbocycles. The molecule has 0 amide bonds. The van der Waals surface area contributed by atoms with Gasteiger partial charge in [-0.25, -0.2) is 26.9 Å². The van der Waals surface area contributed by atoms with Crippen LogP contribution in [0.15, 0.2) is 53.4 Å². The predicted molar refractivity (Wildman–Crippen MR) is 135 cm³/mol. The summed E-state index contributed by atoms with van der Waals surface area (Å²) in [6.07, 6.45) is -0.0311. The second kappa shape index (κ2) is 8.86. The van der Waals surface area contributed by atoms with Crippen LogP contribution in [0.4, 0.5) is 14.5 Å². The van der Waals surface area contributed by atoms with Crippen LogP contribution in [0, 0.1) is 18.6 Å². The summed E-state index contributed by atoms with van der Waals surface area (Å²) in [5.74, 6) is -1.99. The third-order valence-corrected chi connectivity index (χ3v) is 8.75. The van der Waals surface area contributed by atoms with Crippen molar-refractivity contribution in [2.75, 3.05) is 24.0 Å². The van der Waals surface area contributed by atoms with Crippen LogP contribution in [-0.2, 0) is 14.8 Å². The fourth-order valence-corrected chi connectivity index (χ4v) is 6.39. The number of halogens is 2. The normalized spacial score (nSPS) is 19.9. The number of rotatable bonds is 4. The van der Waals surface area contributed by atoms with Crippen LogP contribution in [0.1, 0.15) is 36.9 Å². The number of fused-ring (bicyclic) bond motifs is 2. The fourth-order valence-electron chi connectivity index (χ4n) is 4.90. The number of ether oxygens (including phenoxy) is 1. The van der Waals surface area contributed by atoms with Crippen molar-refractivity contribution in [3.8, 4) is 11.4 Å². The summed E-state index contributed by atoms with van der Waals surface area (Å²) in [5, 5.41) is 8.14. The van der Waals surface area contributed by atoms with Crippen molar-refractivity contribution in [1.82, 2.24) is 20.1 Å². The second-order valence-electron chi connectivity index (χ2n) is 9.43. The second-order valence-corrected chi connectivity index (χ2v) is 11.3. The predicted octanol–water partition coefficient (Wildman–Crippen LogP) is 4.46. The van der Waals surface area contributed by atoms with Gasteiger partial charge in [-0.15, -0.1) is 0 Å². The molecule has 4 aromatic rings. The molecule has 0 bridgehead atoms. The molecule has 0 spiro atoms. The van der Waals surface area contributed by atoms with Crippen LogP contribution < -0.4 is 9.62 Å². The molecule has 1 saturated heterocycles. The minimum Gasteiger partial charge on any atom is -0.342 e. The number of anilines is 1. The van der Waals surface area contributed by atoms with Crippen LogP contribution >= 0.6 is 0 Å². The van der Waals surface area contributed by atoms with E-state index < -0.39 is 28.0 Å². The molecular formula is C26H25F2N5O3S. The highest BCUT2D eigenvalue weighted by atomic mass is 32.2. The van der Waals surface area contributed by atoms with Crippen molar-refractivity contribution in [3.05, 3.63) is 71.4 Å². The fraction of sp³-hybridized carbons (Fsp3) is 0.308. The summed E-state index contributed by atoms with van der Waals surface area (Å²) in [6.45, 7) is 5.29. The Morgan fingerprint density at radius 2 is 1.84 bits per heavy atom. The molecule has 2 aromatic heterocycles. The number of pyridine rings is 1. The van der Waals surface area contributed by atoms with E-state index in [0.717, 1.165) is 17.7 Å². The van der Waals surface area contributed by atoms with Crippen molar-refractivity contribution in [2.45, 2.75) is 37.4 Å². The Balaban J connectivity index is 1.47. The first-order chi connectivity index (χ1) is 17.7. The van der Waals surface area contributed by atoms with Crippen molar-refractivity contribution >= 4 is 26.6 Å². The van der Waals surface area contributed by atoms with Gasteiger partial charge in [0.1, 0.15) is 5.69 Å². The Morgan fingerprint density at radius 1 is 1.08 bits per heavy atom. The van der Waals surface area contributed by atoms with E-state index in [1.54, 1.807) is 36.4 Å². The molecule has 4 heterocycles. The van der Waals surface area contributed by atoms with E-state index in [1.807, 2.05) is 13.8 Å². The number of benzene rings is 2. The lowest BCUT2D eigenvalue weighted by Crippen LogP contribution is -2.36. The zero-order valence-electron chi connectivity index (χ0n) is 20.3. The molecule has 192 valence electrons. The molecule has 0 aliphatic carbocycles. The number of aryl methyl sites for hydroxylation is 1. The monoisotopic (exact) mass is 525 g/mol. The summed E-state index contributed by atoms with van der Waals surface area (Å²) < 4.78 is 64.0. The smallest absolute Gasteiger partial charge is 0.264 e. The van der Waals surface area contributed by atoms with Gasteiger partial charge in [0.2, 0.25) is 6.35 Å². The highest BCUT2D eigenvalue weighted by Crippen LogP contribution is 2.39. The quantitative estimate of drug-likeness (QED) is 0.423. The first kappa shape index (κ1) is 24.0. The lowest BCUT2D eigenvalue weighted by Gasteiger charge is -2.33. The summed E-state index contributed by atoms with van der Waals surface area (Å²) in [4.78, 5) is 5.04. The topological polar surface area (TPSA) is 89.4 Å². The number of hydrogen-bond donors (Lipinski definition) is 1. The van der Waals surface area contributed by atoms with Crippen LogP contribution in [-0.4, -0.2) is 42.9 Å². The maximum Gasteiger partial charge on any atom is 0.264 e. The van der Waals surface area contributed by atoms with E-state index in [4.69, 9.17) is 9.72 Å². The standard InChI is InChI=1S/C26H25F2N5O3S/c1-15-3-5-17(6-4-15)37(34,35)32-11-9-16(2)24-22(32)8-7-21(30-24)25-18-13-19(27)20(28)14-23(18)33(31-25)26-29-10-12-36-26/h3-8,13-14,16,26,29H,9-12H2,1-2H3. The van der Waals surface area contributed by atoms with Gasteiger partial charge in [0.15, 0.2) is 11.6 Å². The molecular weight excluding hydrogens is 500 g/mol. The SMILES string of the molecule is Cc1ccc(S(=O)(=O)N2CCC(C)c3nc(-c4nn(C5NCCO5)c5cc(F)c(F)cc45)ccc32)cc1. The molecule has 0 radical (unpaired) electrons. The lowest BCUT2D eigenvalue weighted by atomic mass is 9.97. The largest absolute Gasteiger partial charge is 0.342 e. The first-order valence-corrected chi connectivity index (χ1v) is 13.5. The van der Waals surface area contributed by atoms with Crippen LogP contribution in [0.25, 0.3) is 22.3 Å². The first-order valence-electron chi connectivity index (χ1n) is 12.1. The molecule has 1 fully saturated rings. The molecule has 11 heteroatoms. The van der Waals surface area contributed by atoms with Crippen molar-refractivity contribution < 1.29 is 21.9 Å². The Hall–Kier alpha value is -3.41. The zero-order valence-corrected chi connectivity index (χ0v) is 21.1. The minimum atomic E-state index is -3.79. The summed E-state index contributed by atoms with van der Waals surface area (Å²) in [7, 11) is -3.79. The van der Waals surface area contributed by atoms with Gasteiger partial charge in [-0.05, 0) is 43.7 Å². The average Bonchev–Trinajstić information content (AvgIpc) is 3.53. The number of nitrogens with one attached hydrogen (secondary N) is 1. The number of aromatic nitrogens is 3. The van der Waals surface area contributed by atoms with Gasteiger partial charge in [-0.1, -0.05) is 24.6 Å². The average molecular weight is 526 g/mol. The third-order valence-electron chi connectivity index (χ3n) is 6.92. The number of hydrogen-bond acceptors (Lipinski definition) is 6. The maximum atomic E-state index is 14.3. The molecule has 37 heavy (non-hydrogen) atoms. The zero-order chi connectivity index (χ0) is 25.9. The highest BCUT2D eigenvalue weighted by molar-refractivity contribution is 7.92. The third kappa shape index (κ3) is 3.97. The van der Waals surface area contributed by atoms with E-state index in [0.29, 0.717) is 59.8 Å². The lowest BCUT2D eigenvalue weighted by molar-refractivity contribution is 0.0381. The molecule has 0 saturated carbocycles. The Kier molecular flexibility index (Phi) is 5.74. The molecule has 1 N–H and O–H groups in total. The van der Waals surface area contributed by atoms with E-state index in [2.05, 4.69) is 10.4 Å². The number of nitrogens with zero attached hydrogens (tertiary/aromatic N) is 4. The van der Waals surface area contributed by atoms with Gasteiger partial charge in [-0.2, -0.15) is 5.10 Å². The van der Waals surface area contributed by atoms with E-state index in [1.165, 1.54) is 8.99 Å². The summed E-state index contributed by atoms with van der Waals surface area (Å²) in [6, 6.07) is 12.4. The molecule has 6 rings (SSSR count). The molecule has 2 aliphatic rings. The number of sulfonamides is 1. The van der Waals surface area contributed by atoms with Crippen LogP contribution in [0.3, 0.4) is 0 Å². The van der Waals surface area contributed by atoms with Gasteiger partial charge in [0.25, 0.3) is 10.0 Å². The highest BCUT2D eigenvalue weighted by Gasteiger charge is 2.33. The molecule has 2 aliphatic heterocycles. The van der Waals surface area contributed by atoms with Gasteiger partial charge in [-0.3, -0.25) is 9.62 Å². The van der Waals surface area contributed by atoms with Crippen LogP contribution in [0.5, 0.6) is 0 Å². The Labute approximate surface area is 212 Å². The van der Waals surface area contributed by atoms with Gasteiger partial charge in [0.05, 0.1) is 34.1 Å². The maximum absolute atomic E-state index is 14.3. The molecule has 2 unspecified atom stereocenters. The summed E-state index contributed by atoms with van der Waals surface area (Å²) >= 11 is 0. The Bertz CT molecular complexity index is 1620. The molecule has 2 atom stereocenters. The van der Waals surface area contributed by atoms with E-state index >= 15 is 0 Å². The van der Waals surface area contributed by atoms with Gasteiger partial charge >= 0.3 is 0 Å². The van der Waals surface area contributed by atoms with Crippen LogP contribution in [0.2, 0.25) is 0 Å². The Morgan fingerprint density at radius 3 is 2.57 bits per heavy atom. The van der Waals surface area contributed by atoms with E-state index in [-0.39, 0.29) is 10.8 Å². The van der Waals surface area contributed by atoms with Gasteiger partial charge < -0.3 is 4.74 Å². The van der Waals surface area contributed by atoms with Crippen molar-refractivity contribution in [2.24, 2.45) is 0 Å². The minimum absolute atomic E-state index is 0.0122. The van der Waals surface area contributed by atoms with E-state index in [9.17, 15) is 17.2 Å². The van der Waals surface area contributed by atoms with Crippen molar-refractivity contribution in [1.29, 1.82) is 0 Å². The summed E-state index contributed by atoms with van der Waals surface area (Å²) in [5.41, 5.74) is 3.25. The van der Waals surface area contributed by atoms with Gasteiger partial charge in [0, 0.05) is 30.5 Å². The van der Waals surface area contributed by atoms with Crippen molar-refractivity contribution in [3.63, 3.8) is 0 Å².